The van der Waals surface area contributed by atoms with Gasteiger partial charge in [0, 0.05) is 23.2 Å². The maximum absolute atomic E-state index is 5.89. The second kappa shape index (κ2) is 5.59. The topological polar surface area (TPSA) is 42.4 Å². The van der Waals surface area contributed by atoms with E-state index in [1.165, 1.54) is 0 Å². The Morgan fingerprint density at radius 2 is 2.17 bits per heavy atom. The molecule has 4 heteroatoms. The number of halogens is 1. The van der Waals surface area contributed by atoms with Crippen molar-refractivity contribution in [1.82, 2.24) is 0 Å². The molecule has 1 aromatic carbocycles. The summed E-state index contributed by atoms with van der Waals surface area (Å²) in [7, 11) is 2.04. The van der Waals surface area contributed by atoms with E-state index in [2.05, 4.69) is 39.0 Å². The van der Waals surface area contributed by atoms with Gasteiger partial charge in [0.05, 0.1) is 12.8 Å². The van der Waals surface area contributed by atoms with Crippen LogP contribution in [0.25, 0.3) is 0 Å². The predicted molar refractivity (Wildman–Crippen MR) is 77.6 cm³/mol. The highest BCUT2D eigenvalue weighted by Gasteiger charge is 2.09. The van der Waals surface area contributed by atoms with Crippen LogP contribution in [0.4, 0.5) is 5.69 Å². The van der Waals surface area contributed by atoms with Crippen LogP contribution in [0.3, 0.4) is 0 Å². The smallest absolute Gasteiger partial charge is 0.123 e. The first kappa shape index (κ1) is 13.2. The fourth-order valence-electron chi connectivity index (χ4n) is 1.85. The number of furan rings is 1. The second-order valence-corrected chi connectivity index (χ2v) is 5.28. The quantitative estimate of drug-likeness (QED) is 0.936. The summed E-state index contributed by atoms with van der Waals surface area (Å²) in [5, 5.41) is 0. The Morgan fingerprint density at radius 3 is 2.72 bits per heavy atom. The van der Waals surface area contributed by atoms with Crippen molar-refractivity contribution in [3.8, 4) is 0 Å². The molecule has 0 bridgehead atoms. The molecule has 96 valence electrons. The Kier molecular flexibility index (Phi) is 4.09. The Morgan fingerprint density at radius 1 is 1.39 bits per heavy atom. The minimum atomic E-state index is 0.0313. The summed E-state index contributed by atoms with van der Waals surface area (Å²) in [6.07, 6.45) is 1.69. The Bertz CT molecular complexity index is 509. The molecule has 2 N–H and O–H groups in total. The van der Waals surface area contributed by atoms with E-state index in [0.29, 0.717) is 0 Å². The van der Waals surface area contributed by atoms with E-state index in [1.54, 1.807) is 6.26 Å². The van der Waals surface area contributed by atoms with E-state index in [4.69, 9.17) is 10.2 Å². The van der Waals surface area contributed by atoms with Gasteiger partial charge < -0.3 is 15.1 Å². The molecule has 1 aromatic heterocycles. The molecule has 0 aliphatic heterocycles. The molecule has 1 atom stereocenters. The standard InChI is InChI=1S/C14H17BrN2O/c1-10(16)13-6-5-11(8-14(13)15)17(2)9-12-4-3-7-18-12/h3-8,10H,9,16H2,1-2H3. The zero-order chi connectivity index (χ0) is 13.1. The van der Waals surface area contributed by atoms with Crippen molar-refractivity contribution in [2.45, 2.75) is 19.5 Å². The van der Waals surface area contributed by atoms with Gasteiger partial charge in [-0.15, -0.1) is 0 Å². The van der Waals surface area contributed by atoms with E-state index in [1.807, 2.05) is 26.1 Å². The maximum Gasteiger partial charge on any atom is 0.123 e. The molecule has 3 nitrogen and oxygen atoms in total. The fraction of sp³-hybridized carbons (Fsp3) is 0.286. The summed E-state index contributed by atoms with van der Waals surface area (Å²) < 4.78 is 6.39. The lowest BCUT2D eigenvalue weighted by Gasteiger charge is -2.19. The van der Waals surface area contributed by atoms with Gasteiger partial charge in [0.2, 0.25) is 0 Å². The van der Waals surface area contributed by atoms with E-state index in [-0.39, 0.29) is 6.04 Å². The molecule has 0 aliphatic carbocycles. The van der Waals surface area contributed by atoms with E-state index < -0.39 is 0 Å². The number of hydrogen-bond acceptors (Lipinski definition) is 3. The monoisotopic (exact) mass is 308 g/mol. The summed E-state index contributed by atoms with van der Waals surface area (Å²) in [5.41, 5.74) is 8.14. The number of rotatable bonds is 4. The van der Waals surface area contributed by atoms with Crippen LogP contribution in [0.1, 0.15) is 24.3 Å². The molecule has 0 amide bonds. The lowest BCUT2D eigenvalue weighted by Crippen LogP contribution is -2.16. The summed E-state index contributed by atoms with van der Waals surface area (Å²) in [4.78, 5) is 2.13. The zero-order valence-electron chi connectivity index (χ0n) is 10.6. The highest BCUT2D eigenvalue weighted by atomic mass is 79.9. The van der Waals surface area contributed by atoms with E-state index in [9.17, 15) is 0 Å². The van der Waals surface area contributed by atoms with Crippen LogP contribution in [-0.2, 0) is 6.54 Å². The Balaban J connectivity index is 2.16. The van der Waals surface area contributed by atoms with Gasteiger partial charge in [-0.05, 0) is 36.8 Å². The fourth-order valence-corrected chi connectivity index (χ4v) is 2.58. The maximum atomic E-state index is 5.89. The molecule has 1 unspecified atom stereocenters. The first-order valence-corrected chi connectivity index (χ1v) is 6.66. The molecule has 0 aliphatic rings. The number of benzene rings is 1. The number of nitrogens with zero attached hydrogens (tertiary/aromatic N) is 1. The number of anilines is 1. The van der Waals surface area contributed by atoms with Crippen molar-refractivity contribution in [3.63, 3.8) is 0 Å². The van der Waals surface area contributed by atoms with E-state index in [0.717, 1.165) is 28.0 Å². The van der Waals surface area contributed by atoms with Crippen molar-refractivity contribution in [3.05, 3.63) is 52.4 Å². The molecule has 2 rings (SSSR count). The van der Waals surface area contributed by atoms with Gasteiger partial charge in [-0.25, -0.2) is 0 Å². The third-order valence-electron chi connectivity index (χ3n) is 2.89. The third kappa shape index (κ3) is 2.94. The second-order valence-electron chi connectivity index (χ2n) is 4.43. The molecule has 0 spiro atoms. The van der Waals surface area contributed by atoms with Gasteiger partial charge >= 0.3 is 0 Å². The number of nitrogens with two attached hydrogens (primary N) is 1. The highest BCUT2D eigenvalue weighted by Crippen LogP contribution is 2.27. The van der Waals surface area contributed by atoms with Gasteiger partial charge in [0.1, 0.15) is 5.76 Å². The molecular formula is C14H17BrN2O. The molecular weight excluding hydrogens is 292 g/mol. The third-order valence-corrected chi connectivity index (χ3v) is 3.58. The van der Waals surface area contributed by atoms with Crippen LogP contribution >= 0.6 is 15.9 Å². The number of hydrogen-bond donors (Lipinski definition) is 1. The first-order valence-electron chi connectivity index (χ1n) is 5.86. The van der Waals surface area contributed by atoms with Crippen molar-refractivity contribution >= 4 is 21.6 Å². The average Bonchev–Trinajstić information content (AvgIpc) is 2.81. The molecule has 2 aromatic rings. The average molecular weight is 309 g/mol. The minimum absolute atomic E-state index is 0.0313. The van der Waals surface area contributed by atoms with Crippen molar-refractivity contribution in [2.75, 3.05) is 11.9 Å². The first-order chi connectivity index (χ1) is 8.58. The van der Waals surface area contributed by atoms with Gasteiger partial charge in [-0.2, -0.15) is 0 Å². The highest BCUT2D eigenvalue weighted by molar-refractivity contribution is 9.10. The lowest BCUT2D eigenvalue weighted by molar-refractivity contribution is 0.507. The van der Waals surface area contributed by atoms with Crippen LogP contribution in [0, 0.1) is 0 Å². The van der Waals surface area contributed by atoms with Crippen molar-refractivity contribution in [2.24, 2.45) is 5.73 Å². The molecule has 18 heavy (non-hydrogen) atoms. The summed E-state index contributed by atoms with van der Waals surface area (Å²) >= 11 is 3.56. The van der Waals surface area contributed by atoms with Gasteiger partial charge in [0.25, 0.3) is 0 Å². The molecule has 0 saturated carbocycles. The summed E-state index contributed by atoms with van der Waals surface area (Å²) in [5.74, 6) is 0.949. The van der Waals surface area contributed by atoms with Gasteiger partial charge in [0.15, 0.2) is 0 Å². The van der Waals surface area contributed by atoms with Crippen LogP contribution in [0.5, 0.6) is 0 Å². The van der Waals surface area contributed by atoms with Gasteiger partial charge in [-0.3, -0.25) is 0 Å². The Hall–Kier alpha value is -1.26. The molecule has 0 fully saturated rings. The summed E-state index contributed by atoms with van der Waals surface area (Å²) in [6, 6.07) is 10.1. The SMILES string of the molecule is CC(N)c1ccc(N(C)Cc2ccco2)cc1Br. The van der Waals surface area contributed by atoms with Crippen LogP contribution in [-0.4, -0.2) is 7.05 Å². The molecule has 1 heterocycles. The van der Waals surface area contributed by atoms with Crippen molar-refractivity contribution < 1.29 is 4.42 Å². The Labute approximate surface area is 116 Å². The van der Waals surface area contributed by atoms with Gasteiger partial charge in [-0.1, -0.05) is 22.0 Å². The van der Waals surface area contributed by atoms with E-state index >= 15 is 0 Å². The normalized spacial score (nSPS) is 12.4. The molecule has 0 saturated heterocycles. The zero-order valence-corrected chi connectivity index (χ0v) is 12.1. The van der Waals surface area contributed by atoms with Crippen LogP contribution in [0.15, 0.2) is 45.5 Å². The van der Waals surface area contributed by atoms with Crippen molar-refractivity contribution in [1.29, 1.82) is 0 Å². The lowest BCUT2D eigenvalue weighted by atomic mass is 10.1. The predicted octanol–water partition coefficient (Wildman–Crippen LogP) is 3.70. The van der Waals surface area contributed by atoms with Crippen LogP contribution in [0.2, 0.25) is 0 Å². The van der Waals surface area contributed by atoms with Crippen LogP contribution < -0.4 is 10.6 Å². The summed E-state index contributed by atoms with van der Waals surface area (Å²) in [6.45, 7) is 2.73. The largest absolute Gasteiger partial charge is 0.467 e. The molecule has 0 radical (unpaired) electrons. The minimum Gasteiger partial charge on any atom is -0.467 e.